The Morgan fingerprint density at radius 3 is 2.79 bits per heavy atom. The molecule has 0 fully saturated rings. The number of nitrogens with one attached hydrogen (secondary N) is 1. The van der Waals surface area contributed by atoms with Crippen molar-refractivity contribution in [2.45, 2.75) is 6.92 Å². The number of carbonyl (C=O) groups excluding carboxylic acids is 1. The highest BCUT2D eigenvalue weighted by molar-refractivity contribution is 7.22. The van der Waals surface area contributed by atoms with Gasteiger partial charge in [-0.2, -0.15) is 0 Å². The molecule has 5 nitrogen and oxygen atoms in total. The van der Waals surface area contributed by atoms with Crippen molar-refractivity contribution in [3.63, 3.8) is 0 Å². The molecule has 124 valence electrons. The number of anilines is 2. The van der Waals surface area contributed by atoms with Crippen LogP contribution in [0.5, 0.6) is 5.75 Å². The van der Waals surface area contributed by atoms with Gasteiger partial charge in [0.25, 0.3) is 0 Å². The number of benzene rings is 2. The molecule has 0 spiro atoms. The first-order valence-electron chi connectivity index (χ1n) is 7.58. The van der Waals surface area contributed by atoms with Crippen molar-refractivity contribution in [3.8, 4) is 5.75 Å². The summed E-state index contributed by atoms with van der Waals surface area (Å²) in [5.74, 6) is 0.672. The van der Waals surface area contributed by atoms with Crippen molar-refractivity contribution >= 4 is 38.3 Å². The minimum atomic E-state index is -0.0713. The lowest BCUT2D eigenvalue weighted by atomic mass is 10.2. The Balaban J connectivity index is 1.74. The number of hydrogen-bond donors (Lipinski definition) is 1. The van der Waals surface area contributed by atoms with Crippen LogP contribution >= 0.6 is 11.3 Å². The highest BCUT2D eigenvalue weighted by atomic mass is 32.1. The van der Waals surface area contributed by atoms with Crippen molar-refractivity contribution in [1.82, 2.24) is 4.98 Å². The summed E-state index contributed by atoms with van der Waals surface area (Å²) in [6.07, 6.45) is 0. The van der Waals surface area contributed by atoms with Gasteiger partial charge in [0.2, 0.25) is 5.91 Å². The summed E-state index contributed by atoms with van der Waals surface area (Å²) >= 11 is 1.54. The Hall–Kier alpha value is -2.60. The third-order valence-electron chi connectivity index (χ3n) is 3.72. The van der Waals surface area contributed by atoms with Gasteiger partial charge >= 0.3 is 0 Å². The molecule has 1 amide bonds. The number of nitrogens with zero attached hydrogens (tertiary/aromatic N) is 2. The van der Waals surface area contributed by atoms with Crippen LogP contribution in [0.1, 0.15) is 5.56 Å². The summed E-state index contributed by atoms with van der Waals surface area (Å²) in [4.78, 5) is 18.7. The molecule has 0 saturated heterocycles. The van der Waals surface area contributed by atoms with Gasteiger partial charge < -0.3 is 15.0 Å². The van der Waals surface area contributed by atoms with Crippen LogP contribution in [0.3, 0.4) is 0 Å². The molecule has 0 aliphatic heterocycles. The summed E-state index contributed by atoms with van der Waals surface area (Å²) in [5.41, 5.74) is 2.70. The van der Waals surface area contributed by atoms with E-state index in [1.165, 1.54) is 0 Å². The van der Waals surface area contributed by atoms with E-state index in [9.17, 15) is 4.79 Å². The van der Waals surface area contributed by atoms with Gasteiger partial charge in [-0.05, 0) is 30.7 Å². The van der Waals surface area contributed by atoms with Crippen molar-refractivity contribution in [2.75, 3.05) is 30.9 Å². The molecular formula is C18H19N3O2S. The van der Waals surface area contributed by atoms with E-state index in [1.807, 2.05) is 61.3 Å². The number of aryl methyl sites for hydroxylation is 1. The third-order valence-corrected chi connectivity index (χ3v) is 4.85. The van der Waals surface area contributed by atoms with Gasteiger partial charge in [-0.3, -0.25) is 4.79 Å². The number of amides is 1. The van der Waals surface area contributed by atoms with Gasteiger partial charge in [-0.1, -0.05) is 35.6 Å². The summed E-state index contributed by atoms with van der Waals surface area (Å²) < 4.78 is 6.38. The number of para-hydroxylation sites is 2. The molecule has 1 heterocycles. The minimum absolute atomic E-state index is 0.0713. The van der Waals surface area contributed by atoms with E-state index in [0.717, 1.165) is 32.3 Å². The van der Waals surface area contributed by atoms with E-state index in [2.05, 4.69) is 10.3 Å². The molecule has 0 aliphatic rings. The maximum Gasteiger partial charge on any atom is 0.243 e. The second-order valence-electron chi connectivity index (χ2n) is 5.52. The molecule has 0 radical (unpaired) electrons. The van der Waals surface area contributed by atoms with E-state index in [1.54, 1.807) is 18.4 Å². The highest BCUT2D eigenvalue weighted by Crippen LogP contribution is 2.33. The number of rotatable bonds is 5. The zero-order valence-corrected chi connectivity index (χ0v) is 14.7. The first kappa shape index (κ1) is 16.3. The molecule has 0 bridgehead atoms. The zero-order valence-electron chi connectivity index (χ0n) is 13.9. The molecule has 24 heavy (non-hydrogen) atoms. The molecule has 3 aromatic rings. The number of fused-ring (bicyclic) bond motifs is 1. The lowest BCUT2D eigenvalue weighted by molar-refractivity contribution is -0.114. The Bertz CT molecular complexity index is 876. The fraction of sp³-hybridized carbons (Fsp3) is 0.222. The summed E-state index contributed by atoms with van der Waals surface area (Å²) in [6.45, 7) is 2.20. The van der Waals surface area contributed by atoms with Crippen LogP contribution in [0.25, 0.3) is 10.2 Å². The lowest BCUT2D eigenvalue weighted by Gasteiger charge is -2.15. The SMILES string of the molecule is COc1cccc2sc(N(C)CC(=O)Nc3ccccc3C)nc12. The zero-order chi connectivity index (χ0) is 17.1. The normalized spacial score (nSPS) is 10.6. The molecule has 2 aromatic carbocycles. The molecule has 0 atom stereocenters. The Morgan fingerprint density at radius 1 is 1.25 bits per heavy atom. The van der Waals surface area contributed by atoms with Crippen LogP contribution in [-0.4, -0.2) is 31.6 Å². The number of ether oxygens (including phenoxy) is 1. The predicted molar refractivity (Wildman–Crippen MR) is 99.3 cm³/mol. The van der Waals surface area contributed by atoms with Gasteiger partial charge in [0.05, 0.1) is 18.4 Å². The maximum atomic E-state index is 12.3. The molecule has 0 unspecified atom stereocenters. The largest absolute Gasteiger partial charge is 0.494 e. The van der Waals surface area contributed by atoms with E-state index in [0.29, 0.717) is 0 Å². The number of aromatic nitrogens is 1. The van der Waals surface area contributed by atoms with Crippen molar-refractivity contribution in [2.24, 2.45) is 0 Å². The molecule has 1 aromatic heterocycles. The van der Waals surface area contributed by atoms with Crippen LogP contribution in [0.15, 0.2) is 42.5 Å². The van der Waals surface area contributed by atoms with Crippen LogP contribution in [0.2, 0.25) is 0 Å². The second kappa shape index (κ2) is 6.88. The average Bonchev–Trinajstić information content (AvgIpc) is 3.01. The van der Waals surface area contributed by atoms with Crippen LogP contribution in [0, 0.1) is 6.92 Å². The summed E-state index contributed by atoms with van der Waals surface area (Å²) in [6, 6.07) is 13.6. The molecule has 0 aliphatic carbocycles. The standard InChI is InChI=1S/C18H19N3O2S/c1-12-7-4-5-8-13(12)19-16(22)11-21(2)18-20-17-14(23-3)9-6-10-15(17)24-18/h4-10H,11H2,1-3H3,(H,19,22). The predicted octanol–water partition coefficient (Wildman–Crippen LogP) is 3.69. The van der Waals surface area contributed by atoms with Crippen molar-refractivity contribution < 1.29 is 9.53 Å². The lowest BCUT2D eigenvalue weighted by Crippen LogP contribution is -2.30. The van der Waals surface area contributed by atoms with E-state index in [-0.39, 0.29) is 12.5 Å². The number of hydrogen-bond acceptors (Lipinski definition) is 5. The fourth-order valence-electron chi connectivity index (χ4n) is 2.43. The quantitative estimate of drug-likeness (QED) is 0.769. The topological polar surface area (TPSA) is 54.5 Å². The number of thiazole rings is 1. The van der Waals surface area contributed by atoms with E-state index >= 15 is 0 Å². The van der Waals surface area contributed by atoms with Crippen LogP contribution in [-0.2, 0) is 4.79 Å². The Labute approximate surface area is 144 Å². The number of carbonyl (C=O) groups is 1. The monoisotopic (exact) mass is 341 g/mol. The Morgan fingerprint density at radius 2 is 2.04 bits per heavy atom. The fourth-order valence-corrected chi connectivity index (χ4v) is 3.37. The minimum Gasteiger partial charge on any atom is -0.494 e. The average molecular weight is 341 g/mol. The number of likely N-dealkylation sites (N-methyl/N-ethyl adjacent to an activating group) is 1. The van der Waals surface area contributed by atoms with Gasteiger partial charge in [0, 0.05) is 12.7 Å². The van der Waals surface area contributed by atoms with Crippen LogP contribution in [0.4, 0.5) is 10.8 Å². The third kappa shape index (κ3) is 3.33. The summed E-state index contributed by atoms with van der Waals surface area (Å²) in [5, 5.41) is 3.73. The van der Waals surface area contributed by atoms with Crippen molar-refractivity contribution in [1.29, 1.82) is 0 Å². The second-order valence-corrected chi connectivity index (χ2v) is 6.53. The van der Waals surface area contributed by atoms with E-state index < -0.39 is 0 Å². The first-order valence-corrected chi connectivity index (χ1v) is 8.40. The van der Waals surface area contributed by atoms with Gasteiger partial charge in [0.1, 0.15) is 11.3 Å². The van der Waals surface area contributed by atoms with Gasteiger partial charge in [-0.25, -0.2) is 4.98 Å². The van der Waals surface area contributed by atoms with Crippen LogP contribution < -0.4 is 15.0 Å². The molecule has 3 rings (SSSR count). The molecular weight excluding hydrogens is 322 g/mol. The molecule has 0 saturated carbocycles. The summed E-state index contributed by atoms with van der Waals surface area (Å²) in [7, 11) is 3.49. The Kier molecular flexibility index (Phi) is 4.66. The van der Waals surface area contributed by atoms with Crippen molar-refractivity contribution in [3.05, 3.63) is 48.0 Å². The first-order chi connectivity index (χ1) is 11.6. The molecule has 1 N–H and O–H groups in total. The number of methoxy groups -OCH3 is 1. The van der Waals surface area contributed by atoms with Gasteiger partial charge in [0.15, 0.2) is 5.13 Å². The maximum absolute atomic E-state index is 12.3. The molecule has 6 heteroatoms. The van der Waals surface area contributed by atoms with E-state index in [4.69, 9.17) is 4.74 Å². The van der Waals surface area contributed by atoms with Gasteiger partial charge in [-0.15, -0.1) is 0 Å². The highest BCUT2D eigenvalue weighted by Gasteiger charge is 2.14. The smallest absolute Gasteiger partial charge is 0.243 e.